The van der Waals surface area contributed by atoms with Crippen molar-refractivity contribution in [2.24, 2.45) is 0 Å². The minimum absolute atomic E-state index is 0.0467. The first-order valence-corrected chi connectivity index (χ1v) is 4.95. The molecule has 3 nitrogen and oxygen atoms in total. The molecule has 1 aliphatic rings. The van der Waals surface area contributed by atoms with Gasteiger partial charge in [-0.1, -0.05) is 6.58 Å². The molecule has 0 bridgehead atoms. The van der Waals surface area contributed by atoms with Crippen LogP contribution in [0.15, 0.2) is 29.2 Å². The zero-order chi connectivity index (χ0) is 11.0. The first-order valence-electron chi connectivity index (χ1n) is 4.07. The molecule has 15 heavy (non-hydrogen) atoms. The highest BCUT2D eigenvalue weighted by Gasteiger charge is 2.32. The van der Waals surface area contributed by atoms with E-state index in [1.165, 1.54) is 11.3 Å². The summed E-state index contributed by atoms with van der Waals surface area (Å²) in [5.74, 6) is -0.191. The van der Waals surface area contributed by atoms with Crippen molar-refractivity contribution in [2.45, 2.75) is 0 Å². The zero-order valence-electron chi connectivity index (χ0n) is 7.57. The summed E-state index contributed by atoms with van der Waals surface area (Å²) in [6.45, 7) is 3.62. The van der Waals surface area contributed by atoms with Crippen LogP contribution in [0.3, 0.4) is 0 Å². The van der Waals surface area contributed by atoms with Crippen LogP contribution in [-0.2, 0) is 0 Å². The van der Waals surface area contributed by atoms with Gasteiger partial charge in [0.15, 0.2) is 5.78 Å². The molecular formula is C11H4N2OS. The van der Waals surface area contributed by atoms with E-state index in [0.717, 1.165) is 0 Å². The second-order valence-corrected chi connectivity index (χ2v) is 3.86. The third kappa shape index (κ3) is 1.13. The number of nitriles is 2. The van der Waals surface area contributed by atoms with E-state index in [-0.39, 0.29) is 16.9 Å². The van der Waals surface area contributed by atoms with Gasteiger partial charge in [0.1, 0.15) is 17.7 Å². The zero-order valence-corrected chi connectivity index (χ0v) is 8.39. The Kier molecular flexibility index (Phi) is 2.00. The maximum absolute atomic E-state index is 11.7. The molecule has 0 amide bonds. The van der Waals surface area contributed by atoms with Crippen LogP contribution in [0, 0.1) is 22.7 Å². The van der Waals surface area contributed by atoms with E-state index < -0.39 is 0 Å². The lowest BCUT2D eigenvalue weighted by molar-refractivity contribution is 0.104. The van der Waals surface area contributed by atoms with Gasteiger partial charge in [0.2, 0.25) is 0 Å². The topological polar surface area (TPSA) is 64.7 Å². The Bertz CT molecular complexity index is 577. The lowest BCUT2D eigenvalue weighted by atomic mass is 10.1. The lowest BCUT2D eigenvalue weighted by Gasteiger charge is -1.96. The Morgan fingerprint density at radius 3 is 2.67 bits per heavy atom. The fraction of sp³-hybridized carbons (Fsp3) is 0. The normalized spacial score (nSPS) is 13.3. The number of fused-ring (bicyclic) bond motifs is 1. The van der Waals surface area contributed by atoms with Crippen LogP contribution in [-0.4, -0.2) is 5.78 Å². The molecule has 0 unspecified atom stereocenters. The summed E-state index contributed by atoms with van der Waals surface area (Å²) in [5, 5.41) is 19.3. The Labute approximate surface area is 90.2 Å². The number of hydrogen-bond acceptors (Lipinski definition) is 4. The van der Waals surface area contributed by atoms with E-state index in [2.05, 4.69) is 6.58 Å². The molecule has 1 aromatic rings. The van der Waals surface area contributed by atoms with Crippen molar-refractivity contribution in [1.82, 2.24) is 0 Å². The predicted octanol–water partition coefficient (Wildman–Crippen LogP) is 2.30. The molecule has 1 heterocycles. The van der Waals surface area contributed by atoms with Crippen molar-refractivity contribution < 1.29 is 4.79 Å². The molecule has 4 heteroatoms. The molecule has 0 saturated carbocycles. The molecular weight excluding hydrogens is 208 g/mol. The van der Waals surface area contributed by atoms with Gasteiger partial charge in [0.05, 0.1) is 0 Å². The monoisotopic (exact) mass is 212 g/mol. The van der Waals surface area contributed by atoms with Crippen LogP contribution in [0.1, 0.15) is 15.2 Å². The highest BCUT2D eigenvalue weighted by molar-refractivity contribution is 7.12. The number of carbonyl (C=O) groups is 1. The van der Waals surface area contributed by atoms with Gasteiger partial charge in [-0.15, -0.1) is 11.3 Å². The van der Waals surface area contributed by atoms with Crippen LogP contribution < -0.4 is 0 Å². The maximum Gasteiger partial charge on any atom is 0.194 e. The minimum atomic E-state index is -0.191. The summed E-state index contributed by atoms with van der Waals surface area (Å²) in [4.78, 5) is 12.3. The number of Topliss-reactive ketones (excluding diaryl/α,β-unsaturated/α-hetero) is 1. The van der Waals surface area contributed by atoms with Gasteiger partial charge in [0.25, 0.3) is 0 Å². The third-order valence-electron chi connectivity index (χ3n) is 2.19. The summed E-state index contributed by atoms with van der Waals surface area (Å²) in [6, 6.07) is 5.26. The largest absolute Gasteiger partial charge is 0.289 e. The number of carbonyl (C=O) groups excluding carboxylic acids is 1. The second kappa shape index (κ2) is 3.20. The fourth-order valence-electron chi connectivity index (χ4n) is 1.50. The molecule has 0 fully saturated rings. The molecule has 1 aliphatic carbocycles. The lowest BCUT2D eigenvalue weighted by Crippen LogP contribution is -1.93. The van der Waals surface area contributed by atoms with E-state index >= 15 is 0 Å². The smallest absolute Gasteiger partial charge is 0.194 e. The van der Waals surface area contributed by atoms with Crippen LogP contribution in [0.25, 0.3) is 5.57 Å². The van der Waals surface area contributed by atoms with E-state index in [9.17, 15) is 4.79 Å². The molecule has 0 radical (unpaired) electrons. The van der Waals surface area contributed by atoms with Crippen LogP contribution in [0.4, 0.5) is 0 Å². The number of rotatable bonds is 0. The minimum Gasteiger partial charge on any atom is -0.289 e. The van der Waals surface area contributed by atoms with Gasteiger partial charge in [-0.3, -0.25) is 4.79 Å². The Morgan fingerprint density at radius 2 is 2.07 bits per heavy atom. The fourth-order valence-corrected chi connectivity index (χ4v) is 2.47. The quantitative estimate of drug-likeness (QED) is 0.489. The summed E-state index contributed by atoms with van der Waals surface area (Å²) in [7, 11) is 0. The average molecular weight is 212 g/mol. The van der Waals surface area contributed by atoms with Gasteiger partial charge >= 0.3 is 0 Å². The van der Waals surface area contributed by atoms with Crippen LogP contribution >= 0.6 is 11.3 Å². The van der Waals surface area contributed by atoms with Crippen molar-refractivity contribution in [1.29, 1.82) is 10.5 Å². The van der Waals surface area contributed by atoms with E-state index in [0.29, 0.717) is 16.0 Å². The number of allylic oxidation sites excluding steroid dienone is 3. The van der Waals surface area contributed by atoms with Crippen LogP contribution in [0.2, 0.25) is 0 Å². The maximum atomic E-state index is 11.7. The standard InChI is InChI=1S/C11H4N2OS/c1-6-9(7(4-12)5-13)11-8(10(6)14)2-3-15-11/h2-3H,1H2. The van der Waals surface area contributed by atoms with Gasteiger partial charge < -0.3 is 0 Å². The molecule has 2 rings (SSSR count). The van der Waals surface area contributed by atoms with Gasteiger partial charge in [-0.25, -0.2) is 0 Å². The summed E-state index contributed by atoms with van der Waals surface area (Å²) in [6.07, 6.45) is 0. The van der Waals surface area contributed by atoms with E-state index in [1.54, 1.807) is 23.6 Å². The molecule has 0 aliphatic heterocycles. The Hall–Kier alpha value is -2.17. The molecule has 0 spiro atoms. The highest BCUT2D eigenvalue weighted by atomic mass is 32.1. The van der Waals surface area contributed by atoms with Gasteiger partial charge in [-0.05, 0) is 11.4 Å². The van der Waals surface area contributed by atoms with Crippen molar-refractivity contribution in [3.8, 4) is 12.1 Å². The van der Waals surface area contributed by atoms with E-state index in [4.69, 9.17) is 10.5 Å². The molecule has 0 aromatic carbocycles. The van der Waals surface area contributed by atoms with Crippen LogP contribution in [0.5, 0.6) is 0 Å². The second-order valence-electron chi connectivity index (χ2n) is 2.94. The average Bonchev–Trinajstić information content (AvgIpc) is 2.78. The molecule has 0 N–H and O–H groups in total. The summed E-state index contributed by atoms with van der Waals surface area (Å²) >= 11 is 1.34. The number of thiophene rings is 1. The van der Waals surface area contributed by atoms with Crippen molar-refractivity contribution in [2.75, 3.05) is 0 Å². The Balaban J connectivity index is 2.80. The molecule has 0 atom stereocenters. The van der Waals surface area contributed by atoms with Crippen molar-refractivity contribution >= 4 is 22.7 Å². The number of ketones is 1. The van der Waals surface area contributed by atoms with Crippen molar-refractivity contribution in [3.05, 3.63) is 39.6 Å². The SMILES string of the molecule is C=C1C(=O)c2ccsc2C1=C(C#N)C#N. The summed E-state index contributed by atoms with van der Waals surface area (Å²) in [5.41, 5.74) is 1.14. The first-order chi connectivity index (χ1) is 7.20. The number of hydrogen-bond donors (Lipinski definition) is 0. The number of nitrogens with zero attached hydrogens (tertiary/aromatic N) is 2. The molecule has 0 saturated heterocycles. The van der Waals surface area contributed by atoms with Crippen molar-refractivity contribution in [3.63, 3.8) is 0 Å². The van der Waals surface area contributed by atoms with Gasteiger partial charge in [-0.2, -0.15) is 10.5 Å². The van der Waals surface area contributed by atoms with E-state index in [1.807, 2.05) is 0 Å². The molecule has 70 valence electrons. The Morgan fingerprint density at radius 1 is 1.40 bits per heavy atom. The van der Waals surface area contributed by atoms with Gasteiger partial charge in [0, 0.05) is 21.6 Å². The molecule has 1 aromatic heterocycles. The highest BCUT2D eigenvalue weighted by Crippen LogP contribution is 2.40. The first kappa shape index (κ1) is 9.39. The predicted molar refractivity (Wildman–Crippen MR) is 55.9 cm³/mol. The summed E-state index contributed by atoms with van der Waals surface area (Å²) < 4.78 is 0. The third-order valence-corrected chi connectivity index (χ3v) is 3.12.